The Balaban J connectivity index is 2.23. The molecule has 20 heavy (non-hydrogen) atoms. The lowest BCUT2D eigenvalue weighted by molar-refractivity contribution is 0.0340. The summed E-state index contributed by atoms with van der Waals surface area (Å²) in [6.45, 7) is 9.30. The second kappa shape index (κ2) is 7.04. The standard InChI is InChI=1S/C16H25FN2O/c1-4-8-18-9-14-6-5-7-15(17)16(14)19-10-13(3)20-11-12(19)2/h5-7,12-13,18H,4,8-11H2,1-3H3. The lowest BCUT2D eigenvalue weighted by atomic mass is 10.1. The predicted molar refractivity (Wildman–Crippen MR) is 80.6 cm³/mol. The molecule has 0 aromatic heterocycles. The van der Waals surface area contributed by atoms with Gasteiger partial charge >= 0.3 is 0 Å². The van der Waals surface area contributed by atoms with Crippen molar-refractivity contribution in [3.05, 3.63) is 29.6 Å². The number of rotatable bonds is 5. The Kier molecular flexibility index (Phi) is 5.38. The second-order valence-electron chi connectivity index (χ2n) is 5.57. The minimum atomic E-state index is -0.137. The molecule has 1 N–H and O–H groups in total. The quantitative estimate of drug-likeness (QED) is 0.839. The van der Waals surface area contributed by atoms with Gasteiger partial charge in [0.05, 0.1) is 18.4 Å². The number of nitrogens with zero attached hydrogens (tertiary/aromatic N) is 1. The fraction of sp³-hybridized carbons (Fsp3) is 0.625. The molecule has 0 aliphatic carbocycles. The molecular weight excluding hydrogens is 255 g/mol. The van der Waals surface area contributed by atoms with E-state index in [0.717, 1.165) is 30.8 Å². The van der Waals surface area contributed by atoms with E-state index in [1.54, 1.807) is 12.1 Å². The highest BCUT2D eigenvalue weighted by Gasteiger charge is 2.27. The fourth-order valence-electron chi connectivity index (χ4n) is 2.64. The molecule has 112 valence electrons. The third kappa shape index (κ3) is 3.49. The molecule has 1 heterocycles. The third-order valence-corrected chi connectivity index (χ3v) is 3.71. The van der Waals surface area contributed by atoms with Crippen molar-refractivity contribution < 1.29 is 9.13 Å². The molecule has 0 bridgehead atoms. The minimum Gasteiger partial charge on any atom is -0.375 e. The van der Waals surface area contributed by atoms with E-state index >= 15 is 0 Å². The summed E-state index contributed by atoms with van der Waals surface area (Å²) in [4.78, 5) is 2.15. The molecule has 1 fully saturated rings. The van der Waals surface area contributed by atoms with Crippen molar-refractivity contribution in [1.82, 2.24) is 5.32 Å². The lowest BCUT2D eigenvalue weighted by Gasteiger charge is -2.39. The maximum atomic E-state index is 14.3. The molecule has 2 atom stereocenters. The lowest BCUT2D eigenvalue weighted by Crippen LogP contribution is -2.48. The summed E-state index contributed by atoms with van der Waals surface area (Å²) in [5, 5.41) is 3.36. The first-order valence-electron chi connectivity index (χ1n) is 7.49. The first-order chi connectivity index (χ1) is 9.63. The van der Waals surface area contributed by atoms with Gasteiger partial charge in [-0.05, 0) is 38.4 Å². The van der Waals surface area contributed by atoms with Crippen LogP contribution in [0, 0.1) is 5.82 Å². The summed E-state index contributed by atoms with van der Waals surface area (Å²) in [5.41, 5.74) is 1.76. The predicted octanol–water partition coefficient (Wildman–Crippen LogP) is 2.94. The Morgan fingerprint density at radius 1 is 1.40 bits per heavy atom. The van der Waals surface area contributed by atoms with Crippen LogP contribution in [0.2, 0.25) is 0 Å². The van der Waals surface area contributed by atoms with E-state index in [4.69, 9.17) is 4.74 Å². The molecule has 0 saturated carbocycles. The first kappa shape index (κ1) is 15.3. The van der Waals surface area contributed by atoms with Crippen molar-refractivity contribution >= 4 is 5.69 Å². The Morgan fingerprint density at radius 3 is 2.95 bits per heavy atom. The Bertz CT molecular complexity index is 438. The van der Waals surface area contributed by atoms with Crippen molar-refractivity contribution in [3.8, 4) is 0 Å². The molecule has 3 nitrogen and oxygen atoms in total. The molecule has 1 aliphatic heterocycles. The van der Waals surface area contributed by atoms with Crippen LogP contribution in [-0.2, 0) is 11.3 Å². The van der Waals surface area contributed by atoms with Gasteiger partial charge in [-0.25, -0.2) is 4.39 Å². The zero-order valence-electron chi connectivity index (χ0n) is 12.7. The molecule has 0 spiro atoms. The summed E-state index contributed by atoms with van der Waals surface area (Å²) < 4.78 is 20.0. The van der Waals surface area contributed by atoms with Gasteiger partial charge in [0.25, 0.3) is 0 Å². The van der Waals surface area contributed by atoms with Crippen molar-refractivity contribution in [3.63, 3.8) is 0 Å². The van der Waals surface area contributed by atoms with Crippen molar-refractivity contribution in [2.24, 2.45) is 0 Å². The van der Waals surface area contributed by atoms with Crippen LogP contribution < -0.4 is 10.2 Å². The van der Waals surface area contributed by atoms with Gasteiger partial charge in [0.15, 0.2) is 0 Å². The number of halogens is 1. The molecular formula is C16H25FN2O. The third-order valence-electron chi connectivity index (χ3n) is 3.71. The van der Waals surface area contributed by atoms with Gasteiger partial charge in [-0.2, -0.15) is 0 Å². The Morgan fingerprint density at radius 2 is 2.20 bits per heavy atom. The summed E-state index contributed by atoms with van der Waals surface area (Å²) in [6, 6.07) is 5.54. The minimum absolute atomic E-state index is 0.137. The summed E-state index contributed by atoms with van der Waals surface area (Å²) in [6.07, 6.45) is 1.22. The van der Waals surface area contributed by atoms with Gasteiger partial charge < -0.3 is 15.0 Å². The molecule has 4 heteroatoms. The van der Waals surface area contributed by atoms with Crippen molar-refractivity contribution in [1.29, 1.82) is 0 Å². The number of anilines is 1. The summed E-state index contributed by atoms with van der Waals surface area (Å²) >= 11 is 0. The largest absolute Gasteiger partial charge is 0.375 e. The van der Waals surface area contributed by atoms with Crippen LogP contribution in [0.4, 0.5) is 10.1 Å². The molecule has 0 radical (unpaired) electrons. The van der Waals surface area contributed by atoms with Crippen LogP contribution in [-0.4, -0.2) is 31.8 Å². The molecule has 1 aromatic carbocycles. The second-order valence-corrected chi connectivity index (χ2v) is 5.57. The van der Waals surface area contributed by atoms with Crippen LogP contribution in [0.1, 0.15) is 32.8 Å². The van der Waals surface area contributed by atoms with Crippen molar-refractivity contribution in [2.45, 2.75) is 45.9 Å². The summed E-state index contributed by atoms with van der Waals surface area (Å²) in [7, 11) is 0. The zero-order chi connectivity index (χ0) is 14.5. The van der Waals surface area contributed by atoms with Gasteiger partial charge in [0.2, 0.25) is 0 Å². The highest BCUT2D eigenvalue weighted by Crippen LogP contribution is 2.28. The molecule has 1 aliphatic rings. The van der Waals surface area contributed by atoms with Crippen LogP contribution in [0.3, 0.4) is 0 Å². The van der Waals surface area contributed by atoms with E-state index in [-0.39, 0.29) is 18.0 Å². The first-order valence-corrected chi connectivity index (χ1v) is 7.49. The Hall–Kier alpha value is -1.13. The van der Waals surface area contributed by atoms with E-state index < -0.39 is 0 Å². The van der Waals surface area contributed by atoms with Crippen molar-refractivity contribution in [2.75, 3.05) is 24.6 Å². The van der Waals surface area contributed by atoms with Gasteiger partial charge in [0.1, 0.15) is 5.82 Å². The summed E-state index contributed by atoms with van der Waals surface area (Å²) in [5.74, 6) is -0.137. The average molecular weight is 280 g/mol. The number of benzene rings is 1. The van der Waals surface area contributed by atoms with E-state index in [0.29, 0.717) is 13.2 Å². The van der Waals surface area contributed by atoms with Gasteiger partial charge in [0, 0.05) is 19.1 Å². The maximum Gasteiger partial charge on any atom is 0.146 e. The number of ether oxygens (including phenoxy) is 1. The average Bonchev–Trinajstić information content (AvgIpc) is 2.42. The zero-order valence-corrected chi connectivity index (χ0v) is 12.7. The SMILES string of the molecule is CCCNCc1cccc(F)c1N1CC(C)OCC1C. The van der Waals surface area contributed by atoms with Crippen LogP contribution in [0.25, 0.3) is 0 Å². The molecule has 2 unspecified atom stereocenters. The van der Waals surface area contributed by atoms with Crippen LogP contribution in [0.15, 0.2) is 18.2 Å². The fourth-order valence-corrected chi connectivity index (χ4v) is 2.64. The smallest absolute Gasteiger partial charge is 0.146 e. The maximum absolute atomic E-state index is 14.3. The van der Waals surface area contributed by atoms with E-state index in [1.165, 1.54) is 0 Å². The van der Waals surface area contributed by atoms with Gasteiger partial charge in [-0.1, -0.05) is 19.1 Å². The Labute approximate surface area is 121 Å². The molecule has 2 rings (SSSR count). The number of hydrogen-bond acceptors (Lipinski definition) is 3. The number of nitrogens with one attached hydrogen (secondary N) is 1. The van der Waals surface area contributed by atoms with E-state index in [2.05, 4.69) is 24.1 Å². The molecule has 1 saturated heterocycles. The van der Waals surface area contributed by atoms with Crippen LogP contribution >= 0.6 is 0 Å². The molecule has 0 amide bonds. The monoisotopic (exact) mass is 280 g/mol. The van der Waals surface area contributed by atoms with Gasteiger partial charge in [-0.15, -0.1) is 0 Å². The highest BCUT2D eigenvalue weighted by molar-refractivity contribution is 5.56. The van der Waals surface area contributed by atoms with E-state index in [1.807, 2.05) is 13.0 Å². The number of para-hydroxylation sites is 1. The number of morpholine rings is 1. The van der Waals surface area contributed by atoms with E-state index in [9.17, 15) is 4.39 Å². The van der Waals surface area contributed by atoms with Crippen LogP contribution in [0.5, 0.6) is 0 Å². The number of hydrogen-bond donors (Lipinski definition) is 1. The topological polar surface area (TPSA) is 24.5 Å². The molecule has 1 aromatic rings. The van der Waals surface area contributed by atoms with Gasteiger partial charge in [-0.3, -0.25) is 0 Å². The highest BCUT2D eigenvalue weighted by atomic mass is 19.1. The normalized spacial score (nSPS) is 23.1.